The molecule has 184 valence electrons. The highest BCUT2D eigenvalue weighted by Crippen LogP contribution is 2.49. The second kappa shape index (κ2) is 10.3. The maximum atomic E-state index is 8.70. The van der Waals surface area contributed by atoms with Crippen molar-refractivity contribution in [3.63, 3.8) is 0 Å². The number of aromatic amines is 1. The molecular weight excluding hydrogens is 444 g/mol. The molecule has 0 saturated heterocycles. The van der Waals surface area contributed by atoms with Gasteiger partial charge in [-0.25, -0.2) is 0 Å². The lowest BCUT2D eigenvalue weighted by molar-refractivity contribution is 0.0898. The van der Waals surface area contributed by atoms with Gasteiger partial charge in [-0.15, -0.1) is 11.3 Å². The number of nitrogens with two attached hydrogens (primary N) is 1. The van der Waals surface area contributed by atoms with Crippen molar-refractivity contribution in [2.75, 3.05) is 6.54 Å². The Bertz CT molecular complexity index is 957. The Morgan fingerprint density at radius 3 is 2.21 bits per heavy atom. The number of benzene rings is 1. The summed E-state index contributed by atoms with van der Waals surface area (Å²) in [6.07, 6.45) is 10.8. The normalized spacial score (nSPS) is 18.5. The third kappa shape index (κ3) is 7.48. The molecule has 2 fully saturated rings. The largest absolute Gasteiger partial charge is 0.389 e. The van der Waals surface area contributed by atoms with Gasteiger partial charge in [0.1, 0.15) is 0 Å². The molecule has 4 rings (SSSR count). The highest BCUT2D eigenvalue weighted by molar-refractivity contribution is 7.73. The van der Waals surface area contributed by atoms with Crippen LogP contribution < -0.4 is 5.73 Å². The molecule has 2 aromatic rings. The zero-order valence-corrected chi connectivity index (χ0v) is 23.1. The average Bonchev–Trinajstić information content (AvgIpc) is 3.39. The first-order chi connectivity index (χ1) is 15.3. The summed E-state index contributed by atoms with van der Waals surface area (Å²) >= 11 is 7.35. The number of thiazole rings is 1. The fourth-order valence-electron chi connectivity index (χ4n) is 4.43. The number of hydrogen-bond donors (Lipinski definition) is 3. The predicted octanol–water partition coefficient (Wildman–Crippen LogP) is 7.66. The van der Waals surface area contributed by atoms with E-state index in [-0.39, 0.29) is 5.41 Å². The minimum atomic E-state index is -0.681. The van der Waals surface area contributed by atoms with E-state index in [1.54, 1.807) is 25.2 Å². The van der Waals surface area contributed by atoms with Crippen molar-refractivity contribution in [1.29, 1.82) is 0 Å². The minimum Gasteiger partial charge on any atom is -0.389 e. The molecule has 2 saturated carbocycles. The van der Waals surface area contributed by atoms with Gasteiger partial charge in [0.25, 0.3) is 0 Å². The maximum Gasteiger partial charge on any atom is 0.159 e. The zero-order valence-electron chi connectivity index (χ0n) is 21.5. The summed E-state index contributed by atoms with van der Waals surface area (Å²) in [6.45, 7) is 13.1. The van der Waals surface area contributed by atoms with Crippen LogP contribution in [-0.4, -0.2) is 22.2 Å². The highest BCUT2D eigenvalue weighted by atomic mass is 32.1. The molecule has 5 heteroatoms. The maximum absolute atomic E-state index is 8.70. The van der Waals surface area contributed by atoms with Crippen LogP contribution in [0.25, 0.3) is 10.4 Å². The second-order valence-corrected chi connectivity index (χ2v) is 13.8. The third-order valence-electron chi connectivity index (χ3n) is 7.20. The summed E-state index contributed by atoms with van der Waals surface area (Å²) in [7, 11) is 0. The van der Waals surface area contributed by atoms with Gasteiger partial charge in [0.2, 0.25) is 0 Å². The van der Waals surface area contributed by atoms with Gasteiger partial charge in [-0.05, 0) is 90.9 Å². The van der Waals surface area contributed by atoms with Gasteiger partial charge in [-0.3, -0.25) is 0 Å². The van der Waals surface area contributed by atoms with Crippen molar-refractivity contribution >= 4 is 23.6 Å². The lowest BCUT2D eigenvalue weighted by atomic mass is 9.82. The van der Waals surface area contributed by atoms with E-state index in [4.69, 9.17) is 23.1 Å². The first-order valence-electron chi connectivity index (χ1n) is 12.6. The van der Waals surface area contributed by atoms with Crippen molar-refractivity contribution in [1.82, 2.24) is 4.98 Å². The van der Waals surface area contributed by atoms with Crippen LogP contribution in [0.5, 0.6) is 0 Å². The van der Waals surface area contributed by atoms with E-state index < -0.39 is 5.60 Å². The van der Waals surface area contributed by atoms with E-state index >= 15 is 0 Å². The lowest BCUT2D eigenvalue weighted by Crippen LogP contribution is -2.29. The predicted molar refractivity (Wildman–Crippen MR) is 146 cm³/mol. The molecule has 0 atom stereocenters. The molecule has 0 spiro atoms. The monoisotopic (exact) mass is 488 g/mol. The van der Waals surface area contributed by atoms with Crippen LogP contribution in [0, 0.1) is 9.87 Å². The third-order valence-corrected chi connectivity index (χ3v) is 8.52. The van der Waals surface area contributed by atoms with Gasteiger partial charge in [0.15, 0.2) is 3.95 Å². The average molecular weight is 489 g/mol. The quantitative estimate of drug-likeness (QED) is 0.379. The van der Waals surface area contributed by atoms with Crippen LogP contribution >= 0.6 is 23.6 Å². The summed E-state index contributed by atoms with van der Waals surface area (Å²) in [5.41, 5.74) is 10.7. The number of aliphatic hydroxyl groups is 1. The Morgan fingerprint density at radius 1 is 1.09 bits per heavy atom. The summed E-state index contributed by atoms with van der Waals surface area (Å²) in [5.74, 6) is 0.823. The molecule has 2 aliphatic carbocycles. The van der Waals surface area contributed by atoms with Crippen molar-refractivity contribution in [2.45, 2.75) is 109 Å². The SMILES string of the molecule is CC(C)(C)c1cc(-c2sc(=S)[nH]c2CC2CCCCC2)cc(C2(C)CC2)c1.CC(C)(O)CN. The second-order valence-electron chi connectivity index (χ2n) is 12.2. The van der Waals surface area contributed by atoms with Gasteiger partial charge < -0.3 is 15.8 Å². The first-order valence-corrected chi connectivity index (χ1v) is 13.8. The smallest absolute Gasteiger partial charge is 0.159 e. The Labute approximate surface area is 210 Å². The fraction of sp³-hybridized carbons (Fsp3) is 0.679. The number of hydrogen-bond acceptors (Lipinski definition) is 4. The molecule has 0 unspecified atom stereocenters. The topological polar surface area (TPSA) is 62.0 Å². The highest BCUT2D eigenvalue weighted by Gasteiger charge is 2.39. The Kier molecular flexibility index (Phi) is 8.31. The van der Waals surface area contributed by atoms with E-state index in [1.807, 2.05) is 0 Å². The van der Waals surface area contributed by atoms with Crippen molar-refractivity contribution in [2.24, 2.45) is 11.7 Å². The molecule has 1 aromatic carbocycles. The van der Waals surface area contributed by atoms with Crippen LogP contribution in [0.1, 0.15) is 103 Å². The lowest BCUT2D eigenvalue weighted by Gasteiger charge is -2.24. The number of aromatic nitrogens is 1. The van der Waals surface area contributed by atoms with Crippen LogP contribution in [0.3, 0.4) is 0 Å². The van der Waals surface area contributed by atoms with E-state index in [2.05, 4.69) is 50.9 Å². The Morgan fingerprint density at radius 2 is 1.70 bits per heavy atom. The molecule has 2 aliphatic rings. The molecular formula is C28H44N2OS2. The van der Waals surface area contributed by atoms with E-state index in [0.29, 0.717) is 12.0 Å². The fourth-order valence-corrected chi connectivity index (χ4v) is 5.66. The molecule has 0 aliphatic heterocycles. The molecule has 0 radical (unpaired) electrons. The van der Waals surface area contributed by atoms with Gasteiger partial charge >= 0.3 is 0 Å². The van der Waals surface area contributed by atoms with E-state index in [0.717, 1.165) is 16.3 Å². The van der Waals surface area contributed by atoms with E-state index in [9.17, 15) is 0 Å². The molecule has 33 heavy (non-hydrogen) atoms. The van der Waals surface area contributed by atoms with Crippen molar-refractivity contribution in [3.05, 3.63) is 39.0 Å². The Balaban J connectivity index is 0.000000454. The summed E-state index contributed by atoms with van der Waals surface area (Å²) < 4.78 is 0.927. The van der Waals surface area contributed by atoms with Gasteiger partial charge in [0.05, 0.1) is 10.5 Å². The van der Waals surface area contributed by atoms with Crippen LogP contribution in [0.2, 0.25) is 0 Å². The standard InChI is InChI=1S/C24H33NS2.C4H11NO/c1-23(2,3)18-13-17(14-19(15-18)24(4)10-11-24)21-20(25-22(26)27-21)12-16-8-6-5-7-9-16;1-4(2,6)3-5/h13-16H,5-12H2,1-4H3,(H,25,26);6H,3,5H2,1-2H3. The molecule has 0 bridgehead atoms. The van der Waals surface area contributed by atoms with Crippen LogP contribution in [-0.2, 0) is 17.3 Å². The summed E-state index contributed by atoms with van der Waals surface area (Å²) in [4.78, 5) is 4.95. The Hall–Kier alpha value is -1.01. The molecule has 4 N–H and O–H groups in total. The van der Waals surface area contributed by atoms with Gasteiger partial charge in [0, 0.05) is 12.2 Å². The van der Waals surface area contributed by atoms with Gasteiger partial charge in [-0.2, -0.15) is 0 Å². The zero-order chi connectivity index (χ0) is 24.4. The molecule has 1 aromatic heterocycles. The number of nitrogens with one attached hydrogen (secondary N) is 1. The number of rotatable bonds is 5. The van der Waals surface area contributed by atoms with Gasteiger partial charge in [-0.1, -0.05) is 65.9 Å². The molecule has 1 heterocycles. The van der Waals surface area contributed by atoms with Crippen LogP contribution in [0.4, 0.5) is 0 Å². The summed E-state index contributed by atoms with van der Waals surface area (Å²) in [6, 6.07) is 7.35. The van der Waals surface area contributed by atoms with E-state index in [1.165, 1.54) is 72.2 Å². The molecule has 3 nitrogen and oxygen atoms in total. The van der Waals surface area contributed by atoms with Crippen molar-refractivity contribution in [3.8, 4) is 10.4 Å². The number of H-pyrrole nitrogens is 1. The van der Waals surface area contributed by atoms with Crippen molar-refractivity contribution < 1.29 is 5.11 Å². The first kappa shape index (κ1) is 26.6. The van der Waals surface area contributed by atoms with Crippen LogP contribution in [0.15, 0.2) is 18.2 Å². The summed E-state index contributed by atoms with van der Waals surface area (Å²) in [5, 5.41) is 8.70. The minimum absolute atomic E-state index is 0.164. The molecule has 0 amide bonds.